The van der Waals surface area contributed by atoms with Crippen LogP contribution in [0.15, 0.2) is 70.5 Å². The lowest BCUT2D eigenvalue weighted by Crippen LogP contribution is -1.93. The molecule has 0 aliphatic rings. The van der Waals surface area contributed by atoms with Crippen molar-refractivity contribution >= 4 is 17.3 Å². The summed E-state index contributed by atoms with van der Waals surface area (Å²) in [5.41, 5.74) is 3.54. The molecule has 0 aromatic heterocycles. The van der Waals surface area contributed by atoms with Gasteiger partial charge >= 0.3 is 0 Å². The molecule has 108 valence electrons. The number of thioether (sulfide) groups is 1. The van der Waals surface area contributed by atoms with Gasteiger partial charge < -0.3 is 0 Å². The molecule has 2 aromatic rings. The molecule has 0 saturated carbocycles. The Morgan fingerprint density at radius 1 is 0.905 bits per heavy atom. The van der Waals surface area contributed by atoms with Crippen molar-refractivity contribution in [3.8, 4) is 0 Å². The Balaban J connectivity index is 2.43. The van der Waals surface area contributed by atoms with E-state index in [0.29, 0.717) is 5.56 Å². The Morgan fingerprint density at radius 3 is 2.10 bits per heavy atom. The number of hydrogen-bond donors (Lipinski definition) is 0. The van der Waals surface area contributed by atoms with E-state index in [0.717, 1.165) is 16.0 Å². The average Bonchev–Trinajstić information content (AvgIpc) is 2.47. The molecule has 0 aliphatic carbocycles. The number of hydrogen-bond acceptors (Lipinski definition) is 1. The molecule has 21 heavy (non-hydrogen) atoms. The Labute approximate surface area is 130 Å². The van der Waals surface area contributed by atoms with Gasteiger partial charge in [-0.05, 0) is 48.9 Å². The molecule has 0 nitrogen and oxygen atoms in total. The van der Waals surface area contributed by atoms with Gasteiger partial charge in [0.25, 0.3) is 0 Å². The van der Waals surface area contributed by atoms with Crippen molar-refractivity contribution in [3.05, 3.63) is 82.5 Å². The standard InChI is InChI=1S/C19H19FS/c1-13(2)15(4)21-19-12-8-6-10-17(19)14(3)16-9-5-7-11-18(16)20/h5-12H,3H2,1-2,4H3. The Hall–Kier alpha value is -1.80. The molecule has 0 saturated heterocycles. The fourth-order valence-corrected chi connectivity index (χ4v) is 2.90. The van der Waals surface area contributed by atoms with Crippen molar-refractivity contribution in [1.82, 2.24) is 0 Å². The van der Waals surface area contributed by atoms with Crippen LogP contribution in [-0.4, -0.2) is 0 Å². The monoisotopic (exact) mass is 298 g/mol. The van der Waals surface area contributed by atoms with Crippen molar-refractivity contribution in [2.24, 2.45) is 0 Å². The highest BCUT2D eigenvalue weighted by molar-refractivity contribution is 8.03. The second-order valence-electron chi connectivity index (χ2n) is 5.11. The molecule has 0 fully saturated rings. The molecular formula is C19H19FS. The zero-order valence-electron chi connectivity index (χ0n) is 12.6. The summed E-state index contributed by atoms with van der Waals surface area (Å²) in [4.78, 5) is 2.35. The van der Waals surface area contributed by atoms with E-state index in [4.69, 9.17) is 0 Å². The van der Waals surface area contributed by atoms with Gasteiger partial charge in [-0.15, -0.1) is 0 Å². The topological polar surface area (TPSA) is 0 Å². The van der Waals surface area contributed by atoms with Crippen molar-refractivity contribution in [3.63, 3.8) is 0 Å². The first-order chi connectivity index (χ1) is 10.0. The first-order valence-electron chi connectivity index (χ1n) is 6.86. The van der Waals surface area contributed by atoms with Gasteiger partial charge in [-0.1, -0.05) is 60.3 Å². The lowest BCUT2D eigenvalue weighted by Gasteiger charge is -2.13. The van der Waals surface area contributed by atoms with Crippen molar-refractivity contribution in [1.29, 1.82) is 0 Å². The van der Waals surface area contributed by atoms with E-state index in [2.05, 4.69) is 33.4 Å². The third-order valence-corrected chi connectivity index (χ3v) is 4.67. The maximum Gasteiger partial charge on any atom is 0.131 e. The van der Waals surface area contributed by atoms with Gasteiger partial charge in [0.2, 0.25) is 0 Å². The normalized spacial score (nSPS) is 10.3. The van der Waals surface area contributed by atoms with Gasteiger partial charge in [-0.3, -0.25) is 0 Å². The van der Waals surface area contributed by atoms with Crippen LogP contribution in [0.2, 0.25) is 0 Å². The predicted molar refractivity (Wildman–Crippen MR) is 90.9 cm³/mol. The van der Waals surface area contributed by atoms with Gasteiger partial charge in [-0.2, -0.15) is 0 Å². The molecule has 2 aromatic carbocycles. The largest absolute Gasteiger partial charge is 0.206 e. The van der Waals surface area contributed by atoms with Crippen LogP contribution in [0.5, 0.6) is 0 Å². The van der Waals surface area contributed by atoms with Gasteiger partial charge in [0.15, 0.2) is 0 Å². The minimum atomic E-state index is -0.235. The zero-order chi connectivity index (χ0) is 15.4. The highest BCUT2D eigenvalue weighted by atomic mass is 32.2. The van der Waals surface area contributed by atoms with Crippen LogP contribution in [0, 0.1) is 5.82 Å². The van der Waals surface area contributed by atoms with E-state index < -0.39 is 0 Å². The van der Waals surface area contributed by atoms with E-state index in [9.17, 15) is 4.39 Å². The van der Waals surface area contributed by atoms with Crippen LogP contribution in [0.25, 0.3) is 5.57 Å². The molecule has 0 radical (unpaired) electrons. The molecule has 0 amide bonds. The third kappa shape index (κ3) is 3.64. The second kappa shape index (κ2) is 6.77. The summed E-state index contributed by atoms with van der Waals surface area (Å²) in [6.07, 6.45) is 0. The van der Waals surface area contributed by atoms with E-state index in [1.807, 2.05) is 24.3 Å². The highest BCUT2D eigenvalue weighted by Gasteiger charge is 2.12. The van der Waals surface area contributed by atoms with Gasteiger partial charge in [-0.25, -0.2) is 4.39 Å². The Kier molecular flexibility index (Phi) is 5.03. The van der Waals surface area contributed by atoms with Crippen LogP contribution >= 0.6 is 11.8 Å². The highest BCUT2D eigenvalue weighted by Crippen LogP contribution is 2.36. The fourth-order valence-electron chi connectivity index (χ4n) is 1.92. The van der Waals surface area contributed by atoms with E-state index in [-0.39, 0.29) is 5.82 Å². The molecule has 0 N–H and O–H groups in total. The van der Waals surface area contributed by atoms with E-state index in [1.165, 1.54) is 16.5 Å². The third-order valence-electron chi connectivity index (χ3n) is 3.38. The van der Waals surface area contributed by atoms with Crippen molar-refractivity contribution in [2.45, 2.75) is 25.7 Å². The SMILES string of the molecule is C=C(c1ccccc1F)c1ccccc1SC(C)=C(C)C. The molecule has 2 heteroatoms. The molecule has 0 bridgehead atoms. The Morgan fingerprint density at radius 2 is 1.48 bits per heavy atom. The van der Waals surface area contributed by atoms with Crippen LogP contribution in [0.3, 0.4) is 0 Å². The average molecular weight is 298 g/mol. The maximum absolute atomic E-state index is 14.0. The van der Waals surface area contributed by atoms with Crippen molar-refractivity contribution < 1.29 is 4.39 Å². The quantitative estimate of drug-likeness (QED) is 0.597. The second-order valence-corrected chi connectivity index (χ2v) is 6.37. The minimum absolute atomic E-state index is 0.235. The van der Waals surface area contributed by atoms with Gasteiger partial charge in [0.1, 0.15) is 5.82 Å². The first-order valence-corrected chi connectivity index (χ1v) is 7.67. The molecular weight excluding hydrogens is 279 g/mol. The molecule has 0 heterocycles. The number of allylic oxidation sites excluding steroid dienone is 2. The summed E-state index contributed by atoms with van der Waals surface area (Å²) in [6, 6.07) is 14.8. The van der Waals surface area contributed by atoms with Crippen LogP contribution in [-0.2, 0) is 0 Å². The minimum Gasteiger partial charge on any atom is -0.206 e. The number of rotatable bonds is 4. The van der Waals surface area contributed by atoms with Crippen LogP contribution in [0.4, 0.5) is 4.39 Å². The van der Waals surface area contributed by atoms with E-state index in [1.54, 1.807) is 23.9 Å². The lowest BCUT2D eigenvalue weighted by molar-refractivity contribution is 0.624. The van der Waals surface area contributed by atoms with Crippen molar-refractivity contribution in [2.75, 3.05) is 0 Å². The molecule has 0 atom stereocenters. The number of halogens is 1. The summed E-state index contributed by atoms with van der Waals surface area (Å²) < 4.78 is 14.0. The van der Waals surface area contributed by atoms with Gasteiger partial charge in [0.05, 0.1) is 0 Å². The summed E-state index contributed by atoms with van der Waals surface area (Å²) in [5.74, 6) is -0.235. The molecule has 0 spiro atoms. The fraction of sp³-hybridized carbons (Fsp3) is 0.158. The molecule has 0 aliphatic heterocycles. The molecule has 2 rings (SSSR count). The van der Waals surface area contributed by atoms with E-state index >= 15 is 0 Å². The zero-order valence-corrected chi connectivity index (χ0v) is 13.4. The Bertz CT molecular complexity index is 694. The smallest absolute Gasteiger partial charge is 0.131 e. The predicted octanol–water partition coefficient (Wildman–Crippen LogP) is 6.29. The van der Waals surface area contributed by atoms with Crippen LogP contribution in [0.1, 0.15) is 31.9 Å². The summed E-state index contributed by atoms with van der Waals surface area (Å²) in [5, 5.41) is 0. The lowest BCUT2D eigenvalue weighted by atomic mass is 9.99. The summed E-state index contributed by atoms with van der Waals surface area (Å²) in [7, 11) is 0. The molecule has 0 unspecified atom stereocenters. The van der Waals surface area contributed by atoms with Crippen LogP contribution < -0.4 is 0 Å². The maximum atomic E-state index is 14.0. The van der Waals surface area contributed by atoms with Gasteiger partial charge in [0, 0.05) is 10.5 Å². The summed E-state index contributed by atoms with van der Waals surface area (Å²) in [6.45, 7) is 10.4. The summed E-state index contributed by atoms with van der Waals surface area (Å²) >= 11 is 1.70. The number of benzene rings is 2. The first kappa shape index (κ1) is 15.6.